The van der Waals surface area contributed by atoms with E-state index in [4.69, 9.17) is 5.84 Å². The Bertz CT molecular complexity index is 742. The van der Waals surface area contributed by atoms with Crippen LogP contribution in [-0.4, -0.2) is 19.3 Å². The number of hydrogen-bond donors (Lipinski definition) is 2. The molecule has 3 rings (SSSR count). The third kappa shape index (κ3) is 2.32. The fraction of sp³-hybridized carbons (Fsp3) is 0.333. The van der Waals surface area contributed by atoms with Crippen molar-refractivity contribution in [1.82, 2.24) is 24.8 Å². The SMILES string of the molecule is CCCn1ccnc1C(NN)c1nn(C)c2ccccc12. The van der Waals surface area contributed by atoms with Gasteiger partial charge in [-0.15, -0.1) is 0 Å². The Morgan fingerprint density at radius 1 is 1.33 bits per heavy atom. The zero-order valence-corrected chi connectivity index (χ0v) is 12.3. The van der Waals surface area contributed by atoms with Gasteiger partial charge in [0.2, 0.25) is 0 Å². The molecular weight excluding hydrogens is 264 g/mol. The average molecular weight is 284 g/mol. The first-order valence-electron chi connectivity index (χ1n) is 7.15. The van der Waals surface area contributed by atoms with Crippen LogP contribution in [0.3, 0.4) is 0 Å². The summed E-state index contributed by atoms with van der Waals surface area (Å²) in [6, 6.07) is 7.92. The quantitative estimate of drug-likeness (QED) is 0.553. The largest absolute Gasteiger partial charge is 0.333 e. The molecule has 0 aliphatic carbocycles. The van der Waals surface area contributed by atoms with Gasteiger partial charge in [-0.3, -0.25) is 10.5 Å². The van der Waals surface area contributed by atoms with Gasteiger partial charge in [-0.25, -0.2) is 10.4 Å². The second kappa shape index (κ2) is 5.67. The molecule has 110 valence electrons. The molecule has 0 fully saturated rings. The maximum Gasteiger partial charge on any atom is 0.133 e. The molecule has 0 saturated heterocycles. The van der Waals surface area contributed by atoms with Crippen molar-refractivity contribution in [3.05, 3.63) is 48.2 Å². The van der Waals surface area contributed by atoms with Crippen LogP contribution in [0.4, 0.5) is 0 Å². The van der Waals surface area contributed by atoms with Gasteiger partial charge >= 0.3 is 0 Å². The number of fused-ring (bicyclic) bond motifs is 1. The molecule has 0 bridgehead atoms. The van der Waals surface area contributed by atoms with Gasteiger partial charge in [0.15, 0.2) is 0 Å². The number of nitrogens with one attached hydrogen (secondary N) is 1. The molecule has 1 aromatic carbocycles. The topological polar surface area (TPSA) is 73.7 Å². The van der Waals surface area contributed by atoms with Crippen molar-refractivity contribution in [2.75, 3.05) is 0 Å². The Morgan fingerprint density at radius 3 is 2.90 bits per heavy atom. The summed E-state index contributed by atoms with van der Waals surface area (Å²) in [7, 11) is 1.94. The maximum absolute atomic E-state index is 5.81. The second-order valence-electron chi connectivity index (χ2n) is 5.10. The van der Waals surface area contributed by atoms with Gasteiger partial charge in [0.1, 0.15) is 11.9 Å². The van der Waals surface area contributed by atoms with Crippen LogP contribution in [0.15, 0.2) is 36.7 Å². The van der Waals surface area contributed by atoms with Crippen LogP contribution in [0.5, 0.6) is 0 Å². The Morgan fingerprint density at radius 2 is 2.14 bits per heavy atom. The second-order valence-corrected chi connectivity index (χ2v) is 5.10. The summed E-state index contributed by atoms with van der Waals surface area (Å²) in [6.45, 7) is 3.06. The third-order valence-electron chi connectivity index (χ3n) is 3.70. The van der Waals surface area contributed by atoms with Gasteiger partial charge in [0.05, 0.1) is 11.2 Å². The predicted octanol–water partition coefficient (Wildman–Crippen LogP) is 1.73. The summed E-state index contributed by atoms with van der Waals surface area (Å²) in [6.07, 6.45) is 4.83. The molecule has 21 heavy (non-hydrogen) atoms. The molecule has 6 nitrogen and oxygen atoms in total. The van der Waals surface area contributed by atoms with E-state index in [2.05, 4.69) is 39.1 Å². The third-order valence-corrected chi connectivity index (χ3v) is 3.70. The van der Waals surface area contributed by atoms with Crippen molar-refractivity contribution >= 4 is 10.9 Å². The Kier molecular flexibility index (Phi) is 3.72. The van der Waals surface area contributed by atoms with Crippen LogP contribution in [0.1, 0.15) is 30.9 Å². The molecule has 0 aliphatic rings. The minimum absolute atomic E-state index is 0.224. The smallest absolute Gasteiger partial charge is 0.133 e. The van der Waals surface area contributed by atoms with Crippen molar-refractivity contribution in [3.8, 4) is 0 Å². The minimum Gasteiger partial charge on any atom is -0.333 e. The highest BCUT2D eigenvalue weighted by Crippen LogP contribution is 2.26. The Hall–Kier alpha value is -2.18. The van der Waals surface area contributed by atoms with Crippen molar-refractivity contribution in [2.45, 2.75) is 25.9 Å². The number of rotatable bonds is 5. The maximum atomic E-state index is 5.81. The molecule has 6 heteroatoms. The summed E-state index contributed by atoms with van der Waals surface area (Å²) in [5.41, 5.74) is 4.85. The summed E-state index contributed by atoms with van der Waals surface area (Å²) < 4.78 is 4.00. The van der Waals surface area contributed by atoms with Gasteiger partial charge < -0.3 is 4.57 Å². The molecule has 0 spiro atoms. The zero-order chi connectivity index (χ0) is 14.8. The van der Waals surface area contributed by atoms with Crippen molar-refractivity contribution < 1.29 is 0 Å². The standard InChI is InChI=1S/C15H20N6/c1-3-9-21-10-8-17-15(21)14(18-16)13-11-6-4-5-7-12(11)20(2)19-13/h4-8,10,14,18H,3,9,16H2,1-2H3. The molecule has 0 amide bonds. The van der Waals surface area contributed by atoms with E-state index in [0.29, 0.717) is 0 Å². The number of imidazole rings is 1. The van der Waals surface area contributed by atoms with Crippen LogP contribution < -0.4 is 11.3 Å². The molecule has 3 N–H and O–H groups in total. The first-order valence-corrected chi connectivity index (χ1v) is 7.15. The van der Waals surface area contributed by atoms with Crippen LogP contribution in [0.25, 0.3) is 10.9 Å². The van der Waals surface area contributed by atoms with E-state index in [-0.39, 0.29) is 6.04 Å². The lowest BCUT2D eigenvalue weighted by molar-refractivity contribution is 0.532. The van der Waals surface area contributed by atoms with E-state index >= 15 is 0 Å². The zero-order valence-electron chi connectivity index (χ0n) is 12.3. The molecular formula is C15H20N6. The van der Waals surface area contributed by atoms with Crippen LogP contribution in [0, 0.1) is 0 Å². The lowest BCUT2D eigenvalue weighted by atomic mass is 10.1. The number of aryl methyl sites for hydroxylation is 2. The van der Waals surface area contributed by atoms with Crippen molar-refractivity contribution in [1.29, 1.82) is 0 Å². The molecule has 1 unspecified atom stereocenters. The van der Waals surface area contributed by atoms with Gasteiger partial charge in [0.25, 0.3) is 0 Å². The highest BCUT2D eigenvalue weighted by molar-refractivity contribution is 5.82. The van der Waals surface area contributed by atoms with E-state index in [1.54, 1.807) is 6.20 Å². The van der Waals surface area contributed by atoms with Crippen LogP contribution in [0.2, 0.25) is 0 Å². The fourth-order valence-electron chi connectivity index (χ4n) is 2.74. The van der Waals surface area contributed by atoms with Gasteiger partial charge in [-0.1, -0.05) is 25.1 Å². The molecule has 2 aromatic heterocycles. The van der Waals surface area contributed by atoms with Crippen LogP contribution >= 0.6 is 0 Å². The van der Waals surface area contributed by atoms with E-state index in [1.165, 1.54) is 0 Å². The van der Waals surface area contributed by atoms with Gasteiger partial charge in [0, 0.05) is 31.4 Å². The average Bonchev–Trinajstić information content (AvgIpc) is 3.08. The summed E-state index contributed by atoms with van der Waals surface area (Å²) >= 11 is 0. The molecule has 0 saturated carbocycles. The highest BCUT2D eigenvalue weighted by Gasteiger charge is 2.23. The van der Waals surface area contributed by atoms with Crippen molar-refractivity contribution in [3.63, 3.8) is 0 Å². The van der Waals surface area contributed by atoms with E-state index < -0.39 is 0 Å². The number of nitrogens with zero attached hydrogens (tertiary/aromatic N) is 4. The van der Waals surface area contributed by atoms with Gasteiger partial charge in [-0.05, 0) is 12.5 Å². The van der Waals surface area contributed by atoms with E-state index in [9.17, 15) is 0 Å². The Labute approximate surface area is 123 Å². The molecule has 0 aliphatic heterocycles. The van der Waals surface area contributed by atoms with E-state index in [0.717, 1.165) is 35.4 Å². The highest BCUT2D eigenvalue weighted by atomic mass is 15.3. The molecule has 3 aromatic rings. The minimum atomic E-state index is -0.224. The lowest BCUT2D eigenvalue weighted by Gasteiger charge is -2.15. The molecule has 2 heterocycles. The number of hydrazine groups is 1. The number of benzene rings is 1. The first-order chi connectivity index (χ1) is 10.3. The normalized spacial score (nSPS) is 12.9. The molecule has 1 atom stereocenters. The van der Waals surface area contributed by atoms with Crippen LogP contribution in [-0.2, 0) is 13.6 Å². The summed E-state index contributed by atoms with van der Waals surface area (Å²) in [5.74, 6) is 6.70. The number of nitrogens with two attached hydrogens (primary N) is 1. The fourth-order valence-corrected chi connectivity index (χ4v) is 2.74. The summed E-state index contributed by atoms with van der Waals surface area (Å²) in [5, 5.41) is 5.73. The number of aromatic nitrogens is 4. The molecule has 0 radical (unpaired) electrons. The summed E-state index contributed by atoms with van der Waals surface area (Å²) in [4.78, 5) is 4.47. The first kappa shape index (κ1) is 13.8. The lowest BCUT2D eigenvalue weighted by Crippen LogP contribution is -2.31. The monoisotopic (exact) mass is 284 g/mol. The predicted molar refractivity (Wildman–Crippen MR) is 82.4 cm³/mol. The van der Waals surface area contributed by atoms with E-state index in [1.807, 2.05) is 30.1 Å². The van der Waals surface area contributed by atoms with Crippen molar-refractivity contribution in [2.24, 2.45) is 12.9 Å². The number of hydrogen-bond acceptors (Lipinski definition) is 4. The number of para-hydroxylation sites is 1. The van der Waals surface area contributed by atoms with Gasteiger partial charge in [-0.2, -0.15) is 5.10 Å². The Balaban J connectivity index is 2.12.